The molecule has 2 aromatic rings. The monoisotopic (exact) mass is 326 g/mol. The lowest BCUT2D eigenvalue weighted by molar-refractivity contribution is -0.116. The Bertz CT molecular complexity index is 771. The highest BCUT2D eigenvalue weighted by atomic mass is 16.4. The van der Waals surface area contributed by atoms with Crippen LogP contribution in [0, 0.1) is 0 Å². The van der Waals surface area contributed by atoms with Crippen molar-refractivity contribution in [2.24, 2.45) is 0 Å². The largest absolute Gasteiger partial charge is 0.478 e. The fourth-order valence-electron chi connectivity index (χ4n) is 2.19. The number of nitrogens with one attached hydrogen (secondary N) is 2. The quantitative estimate of drug-likeness (QED) is 0.758. The molecule has 0 bridgehead atoms. The summed E-state index contributed by atoms with van der Waals surface area (Å²) in [6, 6.07) is 12.7. The van der Waals surface area contributed by atoms with Gasteiger partial charge in [0.1, 0.15) is 0 Å². The molecule has 0 heterocycles. The van der Waals surface area contributed by atoms with Gasteiger partial charge < -0.3 is 15.7 Å². The van der Waals surface area contributed by atoms with Crippen molar-refractivity contribution < 1.29 is 19.5 Å². The number of benzene rings is 2. The maximum absolute atomic E-state index is 12.3. The van der Waals surface area contributed by atoms with Crippen LogP contribution in [-0.4, -0.2) is 22.9 Å². The maximum Gasteiger partial charge on any atom is 0.336 e. The predicted molar refractivity (Wildman–Crippen MR) is 91.3 cm³/mol. The molecule has 24 heavy (non-hydrogen) atoms. The normalized spacial score (nSPS) is 10.0. The van der Waals surface area contributed by atoms with Gasteiger partial charge in [0.2, 0.25) is 5.91 Å². The van der Waals surface area contributed by atoms with E-state index in [1.807, 2.05) is 6.92 Å². The number of hydrogen-bond donors (Lipinski definition) is 3. The van der Waals surface area contributed by atoms with Crippen molar-refractivity contribution in [1.82, 2.24) is 0 Å². The van der Waals surface area contributed by atoms with Crippen LogP contribution in [0.4, 0.5) is 11.4 Å². The Hall–Kier alpha value is -3.15. The number of amides is 2. The molecule has 0 radical (unpaired) electrons. The highest BCUT2D eigenvalue weighted by Crippen LogP contribution is 2.18. The topological polar surface area (TPSA) is 95.5 Å². The van der Waals surface area contributed by atoms with Crippen LogP contribution in [0.2, 0.25) is 0 Å². The number of aromatic carboxylic acids is 1. The second-order valence-corrected chi connectivity index (χ2v) is 5.18. The zero-order chi connectivity index (χ0) is 17.5. The Morgan fingerprint density at radius 3 is 2.17 bits per heavy atom. The molecule has 0 aromatic heterocycles. The Morgan fingerprint density at radius 2 is 1.54 bits per heavy atom. The molecule has 2 amide bonds. The highest BCUT2D eigenvalue weighted by Gasteiger charge is 2.16. The summed E-state index contributed by atoms with van der Waals surface area (Å²) in [7, 11) is 0. The molecule has 2 aromatic carbocycles. The molecule has 3 N–H and O–H groups in total. The zero-order valence-corrected chi connectivity index (χ0v) is 13.2. The summed E-state index contributed by atoms with van der Waals surface area (Å²) in [5.74, 6) is -1.79. The molecule has 0 atom stereocenters. The van der Waals surface area contributed by atoms with E-state index >= 15 is 0 Å². The molecule has 6 heteroatoms. The first-order valence-corrected chi connectivity index (χ1v) is 7.55. The molecule has 0 saturated carbocycles. The molecule has 6 nitrogen and oxygen atoms in total. The Labute approximate surface area is 139 Å². The van der Waals surface area contributed by atoms with Crippen molar-refractivity contribution in [3.8, 4) is 0 Å². The van der Waals surface area contributed by atoms with Gasteiger partial charge in [-0.3, -0.25) is 9.59 Å². The predicted octanol–water partition coefficient (Wildman–Crippen LogP) is 3.38. The van der Waals surface area contributed by atoms with E-state index in [0.29, 0.717) is 17.8 Å². The lowest BCUT2D eigenvalue weighted by Gasteiger charge is -2.10. The minimum Gasteiger partial charge on any atom is -0.478 e. The fraction of sp³-hybridized carbons (Fsp3) is 0.167. The number of anilines is 2. The number of carbonyl (C=O) groups is 3. The van der Waals surface area contributed by atoms with Gasteiger partial charge in [0.15, 0.2) is 0 Å². The molecule has 0 aliphatic rings. The molecular weight excluding hydrogens is 308 g/mol. The summed E-state index contributed by atoms with van der Waals surface area (Å²) in [6.45, 7) is 1.91. The van der Waals surface area contributed by atoms with Gasteiger partial charge in [-0.05, 0) is 36.8 Å². The molecule has 0 aliphatic carbocycles. The number of rotatable bonds is 6. The summed E-state index contributed by atoms with van der Waals surface area (Å²) < 4.78 is 0. The number of hydrogen-bond acceptors (Lipinski definition) is 3. The van der Waals surface area contributed by atoms with Crippen LogP contribution in [0.1, 0.15) is 40.5 Å². The van der Waals surface area contributed by atoms with E-state index in [1.54, 1.807) is 36.4 Å². The molecule has 0 unspecified atom stereocenters. The maximum atomic E-state index is 12.3. The highest BCUT2D eigenvalue weighted by molar-refractivity contribution is 6.10. The minimum absolute atomic E-state index is 0.0672. The number of carboxylic acids is 1. The smallest absolute Gasteiger partial charge is 0.336 e. The van der Waals surface area contributed by atoms with Gasteiger partial charge in [0.05, 0.1) is 11.1 Å². The van der Waals surface area contributed by atoms with Crippen LogP contribution in [0.15, 0.2) is 48.5 Å². The van der Waals surface area contributed by atoms with Gasteiger partial charge in [-0.15, -0.1) is 0 Å². The third kappa shape index (κ3) is 4.42. The fourth-order valence-corrected chi connectivity index (χ4v) is 2.19. The summed E-state index contributed by atoms with van der Waals surface area (Å²) in [5, 5.41) is 14.5. The van der Waals surface area contributed by atoms with E-state index < -0.39 is 11.9 Å². The molecule has 0 fully saturated rings. The van der Waals surface area contributed by atoms with Crippen LogP contribution in [0.25, 0.3) is 0 Å². The number of carboxylic acid groups (broad SMARTS) is 1. The second kappa shape index (κ2) is 7.92. The Morgan fingerprint density at radius 1 is 0.917 bits per heavy atom. The summed E-state index contributed by atoms with van der Waals surface area (Å²) in [5.41, 5.74) is 1.04. The average molecular weight is 326 g/mol. The van der Waals surface area contributed by atoms with Crippen LogP contribution < -0.4 is 10.6 Å². The van der Waals surface area contributed by atoms with Crippen molar-refractivity contribution in [2.45, 2.75) is 19.8 Å². The average Bonchev–Trinajstić information content (AvgIpc) is 2.55. The van der Waals surface area contributed by atoms with E-state index in [9.17, 15) is 14.4 Å². The molecular formula is C18H18N2O4. The van der Waals surface area contributed by atoms with E-state index in [0.717, 1.165) is 6.42 Å². The second-order valence-electron chi connectivity index (χ2n) is 5.18. The zero-order valence-electron chi connectivity index (χ0n) is 13.2. The summed E-state index contributed by atoms with van der Waals surface area (Å²) in [6.07, 6.45) is 1.16. The molecule has 124 valence electrons. The lowest BCUT2D eigenvalue weighted by atomic mass is 10.1. The first kappa shape index (κ1) is 17.2. The van der Waals surface area contributed by atoms with E-state index in [1.165, 1.54) is 12.1 Å². The van der Waals surface area contributed by atoms with Crippen LogP contribution >= 0.6 is 0 Å². The van der Waals surface area contributed by atoms with Gasteiger partial charge in [-0.25, -0.2) is 4.79 Å². The molecule has 2 rings (SSSR count). The van der Waals surface area contributed by atoms with Gasteiger partial charge in [0, 0.05) is 17.8 Å². The lowest BCUT2D eigenvalue weighted by Crippen LogP contribution is -2.16. The minimum atomic E-state index is -1.17. The third-order valence-corrected chi connectivity index (χ3v) is 3.28. The number of carbonyl (C=O) groups excluding carboxylic acids is 2. The van der Waals surface area contributed by atoms with Crippen LogP contribution in [0.3, 0.4) is 0 Å². The molecule has 0 saturated heterocycles. The van der Waals surface area contributed by atoms with Gasteiger partial charge in [-0.1, -0.05) is 25.1 Å². The van der Waals surface area contributed by atoms with Gasteiger partial charge in [-0.2, -0.15) is 0 Å². The summed E-state index contributed by atoms with van der Waals surface area (Å²) in [4.78, 5) is 35.1. The van der Waals surface area contributed by atoms with Gasteiger partial charge >= 0.3 is 5.97 Å². The van der Waals surface area contributed by atoms with Crippen molar-refractivity contribution in [3.63, 3.8) is 0 Å². The standard InChI is InChI=1S/C18H18N2O4/c1-2-6-16(21)19-12-7-5-8-13(11-12)20-17(22)14-9-3-4-10-15(14)18(23)24/h3-5,7-11H,2,6H2,1H3,(H,19,21)(H,20,22)(H,23,24). The Balaban J connectivity index is 2.15. The molecule has 0 spiro atoms. The first-order chi connectivity index (χ1) is 11.5. The van der Waals surface area contributed by atoms with Crippen molar-refractivity contribution in [3.05, 3.63) is 59.7 Å². The van der Waals surface area contributed by atoms with Crippen molar-refractivity contribution >= 4 is 29.2 Å². The van der Waals surface area contributed by atoms with Gasteiger partial charge in [0.25, 0.3) is 5.91 Å². The van der Waals surface area contributed by atoms with E-state index in [2.05, 4.69) is 10.6 Å². The molecule has 0 aliphatic heterocycles. The van der Waals surface area contributed by atoms with Crippen LogP contribution in [0.5, 0.6) is 0 Å². The van der Waals surface area contributed by atoms with Crippen molar-refractivity contribution in [2.75, 3.05) is 10.6 Å². The van der Waals surface area contributed by atoms with E-state index in [4.69, 9.17) is 5.11 Å². The summed E-state index contributed by atoms with van der Waals surface area (Å²) >= 11 is 0. The van der Waals surface area contributed by atoms with Crippen molar-refractivity contribution in [1.29, 1.82) is 0 Å². The SMILES string of the molecule is CCCC(=O)Nc1cccc(NC(=O)c2ccccc2C(=O)O)c1. The first-order valence-electron chi connectivity index (χ1n) is 7.55. The van der Waals surface area contributed by atoms with E-state index in [-0.39, 0.29) is 17.0 Å². The van der Waals surface area contributed by atoms with Crippen LogP contribution in [-0.2, 0) is 4.79 Å². The third-order valence-electron chi connectivity index (χ3n) is 3.28. The Kier molecular flexibility index (Phi) is 5.68.